The van der Waals surface area contributed by atoms with Gasteiger partial charge in [0, 0.05) is 0 Å². The molecule has 1 aromatic heterocycles. The molecule has 0 spiro atoms. The number of ether oxygens (including phenoxy) is 1. The van der Waals surface area contributed by atoms with Crippen molar-refractivity contribution in [1.29, 1.82) is 0 Å². The van der Waals surface area contributed by atoms with Gasteiger partial charge in [0.2, 0.25) is 5.82 Å². The highest BCUT2D eigenvalue weighted by atomic mass is 16.5. The first-order valence-electron chi connectivity index (χ1n) is 5.38. The highest BCUT2D eigenvalue weighted by Gasteiger charge is 2.05. The van der Waals surface area contributed by atoms with Gasteiger partial charge in [0.25, 0.3) is 5.56 Å². The summed E-state index contributed by atoms with van der Waals surface area (Å²) in [4.78, 5) is 29.4. The third-order valence-electron chi connectivity index (χ3n) is 2.16. The van der Waals surface area contributed by atoms with Crippen LogP contribution in [0.1, 0.15) is 6.92 Å². The molecule has 0 bridgehead atoms. The van der Waals surface area contributed by atoms with Crippen LogP contribution in [0, 0.1) is 0 Å². The van der Waals surface area contributed by atoms with Gasteiger partial charge < -0.3 is 9.72 Å². The van der Waals surface area contributed by atoms with E-state index in [0.29, 0.717) is 11.0 Å². The molecule has 0 radical (unpaired) electrons. The highest BCUT2D eigenvalue weighted by Crippen LogP contribution is 2.07. The van der Waals surface area contributed by atoms with E-state index >= 15 is 0 Å². The van der Waals surface area contributed by atoms with E-state index in [0.717, 1.165) is 0 Å². The van der Waals surface area contributed by atoms with Gasteiger partial charge in [-0.15, -0.1) is 0 Å². The number of anilines is 1. The maximum atomic E-state index is 11.6. The summed E-state index contributed by atoms with van der Waals surface area (Å²) in [6, 6.07) is 7.09. The minimum absolute atomic E-state index is 0.00162. The first kappa shape index (κ1) is 11.9. The Morgan fingerprint density at radius 1 is 1.44 bits per heavy atom. The van der Waals surface area contributed by atoms with Crippen molar-refractivity contribution in [3.8, 4) is 0 Å². The van der Waals surface area contributed by atoms with Crippen LogP contribution in [0.15, 0.2) is 29.1 Å². The molecule has 3 N–H and O–H groups in total. The van der Waals surface area contributed by atoms with Gasteiger partial charge in [-0.25, -0.2) is 15.2 Å². The molecule has 0 aliphatic heterocycles. The smallest absolute Gasteiger partial charge is 0.425 e. The predicted octanol–water partition coefficient (Wildman–Crippen LogP) is 0.996. The number of hydrogen-bond acceptors (Lipinski definition) is 5. The van der Waals surface area contributed by atoms with Crippen LogP contribution in [-0.2, 0) is 4.74 Å². The Balaban J connectivity index is 2.20. The number of amides is 1. The molecule has 0 atom stereocenters. The van der Waals surface area contributed by atoms with Gasteiger partial charge >= 0.3 is 6.09 Å². The summed E-state index contributed by atoms with van der Waals surface area (Å²) >= 11 is 0. The quantitative estimate of drug-likeness (QED) is 0.704. The van der Waals surface area contributed by atoms with Crippen molar-refractivity contribution >= 4 is 22.9 Å². The van der Waals surface area contributed by atoms with Crippen molar-refractivity contribution in [2.75, 3.05) is 12.0 Å². The number of fused-ring (bicyclic) bond motifs is 1. The van der Waals surface area contributed by atoms with Crippen molar-refractivity contribution in [3.05, 3.63) is 34.6 Å². The van der Waals surface area contributed by atoms with E-state index in [4.69, 9.17) is 0 Å². The number of aromatic nitrogens is 2. The molecule has 18 heavy (non-hydrogen) atoms. The van der Waals surface area contributed by atoms with E-state index in [-0.39, 0.29) is 12.4 Å². The van der Waals surface area contributed by atoms with Gasteiger partial charge in [-0.3, -0.25) is 10.2 Å². The number of para-hydroxylation sites is 2. The molecule has 7 nitrogen and oxygen atoms in total. The summed E-state index contributed by atoms with van der Waals surface area (Å²) in [6.07, 6.45) is -0.674. The van der Waals surface area contributed by atoms with E-state index in [1.807, 2.05) is 0 Å². The second kappa shape index (κ2) is 5.17. The Morgan fingerprint density at radius 2 is 2.22 bits per heavy atom. The number of hydrazine groups is 1. The zero-order valence-corrected chi connectivity index (χ0v) is 9.69. The maximum Gasteiger partial charge on any atom is 0.425 e. The number of carbonyl (C=O) groups excluding carboxylic acids is 1. The topological polar surface area (TPSA) is 96.1 Å². The average Bonchev–Trinajstić information content (AvgIpc) is 2.36. The molecule has 94 valence electrons. The standard InChI is InChI=1S/C11H12N4O3/c1-2-18-11(17)15-14-9-10(16)13-8-6-4-3-5-7(8)12-9/h3-6H,2H2,1H3,(H,12,14)(H,13,16)(H,15,17). The molecule has 0 saturated carbocycles. The average molecular weight is 248 g/mol. The fourth-order valence-electron chi connectivity index (χ4n) is 1.39. The molecule has 0 aliphatic rings. The zero-order valence-electron chi connectivity index (χ0n) is 9.69. The maximum absolute atomic E-state index is 11.6. The SMILES string of the molecule is CCOC(=O)NNc1nc2ccccc2[nH]c1=O. The fraction of sp³-hybridized carbons (Fsp3) is 0.182. The van der Waals surface area contributed by atoms with E-state index in [1.165, 1.54) is 0 Å². The van der Waals surface area contributed by atoms with Crippen LogP contribution in [0.5, 0.6) is 0 Å². The molecule has 1 amide bonds. The summed E-state index contributed by atoms with van der Waals surface area (Å²) in [5.41, 5.74) is 5.44. The molecular weight excluding hydrogens is 236 g/mol. The number of nitrogens with zero attached hydrogens (tertiary/aromatic N) is 1. The largest absolute Gasteiger partial charge is 0.449 e. The lowest BCUT2D eigenvalue weighted by Gasteiger charge is -2.07. The summed E-state index contributed by atoms with van der Waals surface area (Å²) < 4.78 is 4.64. The van der Waals surface area contributed by atoms with Gasteiger partial charge in [-0.1, -0.05) is 12.1 Å². The summed E-state index contributed by atoms with van der Waals surface area (Å²) in [5.74, 6) is 0.00162. The van der Waals surface area contributed by atoms with Crippen molar-refractivity contribution < 1.29 is 9.53 Å². The van der Waals surface area contributed by atoms with Crippen LogP contribution in [0.3, 0.4) is 0 Å². The number of benzene rings is 1. The van der Waals surface area contributed by atoms with E-state index in [1.54, 1.807) is 31.2 Å². The van der Waals surface area contributed by atoms with Crippen molar-refractivity contribution in [1.82, 2.24) is 15.4 Å². The van der Waals surface area contributed by atoms with Crippen LogP contribution in [0.4, 0.5) is 10.6 Å². The number of H-pyrrole nitrogens is 1. The van der Waals surface area contributed by atoms with Crippen molar-refractivity contribution in [3.63, 3.8) is 0 Å². The van der Waals surface area contributed by atoms with Crippen LogP contribution in [0.2, 0.25) is 0 Å². The molecule has 2 aromatic rings. The number of carbonyl (C=O) groups is 1. The Morgan fingerprint density at radius 3 is 3.00 bits per heavy atom. The fourth-order valence-corrected chi connectivity index (χ4v) is 1.39. The minimum atomic E-state index is -0.674. The number of rotatable bonds is 3. The Hall–Kier alpha value is -2.57. The lowest BCUT2D eigenvalue weighted by molar-refractivity contribution is 0.154. The zero-order chi connectivity index (χ0) is 13.0. The molecule has 0 aliphatic carbocycles. The van der Waals surface area contributed by atoms with Gasteiger partial charge in [-0.05, 0) is 19.1 Å². The van der Waals surface area contributed by atoms with Crippen LogP contribution in [0.25, 0.3) is 11.0 Å². The molecule has 0 fully saturated rings. The lowest BCUT2D eigenvalue weighted by Crippen LogP contribution is -2.33. The van der Waals surface area contributed by atoms with E-state index in [9.17, 15) is 9.59 Å². The van der Waals surface area contributed by atoms with Gasteiger partial charge in [0.05, 0.1) is 17.6 Å². The van der Waals surface area contributed by atoms with Gasteiger partial charge in [0.1, 0.15) is 0 Å². The Labute approximate surface area is 102 Å². The van der Waals surface area contributed by atoms with E-state index in [2.05, 4.69) is 25.6 Å². The monoisotopic (exact) mass is 248 g/mol. The van der Waals surface area contributed by atoms with Crippen LogP contribution in [-0.4, -0.2) is 22.7 Å². The van der Waals surface area contributed by atoms with Gasteiger partial charge in [-0.2, -0.15) is 0 Å². The molecule has 0 unspecified atom stereocenters. The first-order valence-corrected chi connectivity index (χ1v) is 5.38. The predicted molar refractivity (Wildman–Crippen MR) is 66.1 cm³/mol. The molecule has 1 aromatic carbocycles. The normalized spacial score (nSPS) is 10.1. The molecule has 0 saturated heterocycles. The molecule has 1 heterocycles. The second-order valence-electron chi connectivity index (χ2n) is 3.40. The van der Waals surface area contributed by atoms with Gasteiger partial charge in [0.15, 0.2) is 0 Å². The van der Waals surface area contributed by atoms with Crippen LogP contribution >= 0.6 is 0 Å². The second-order valence-corrected chi connectivity index (χ2v) is 3.40. The summed E-state index contributed by atoms with van der Waals surface area (Å²) in [7, 11) is 0. The first-order chi connectivity index (χ1) is 8.70. The summed E-state index contributed by atoms with van der Waals surface area (Å²) in [5, 5.41) is 0. The molecular formula is C11H12N4O3. The molecule has 2 rings (SSSR count). The minimum Gasteiger partial charge on any atom is -0.449 e. The lowest BCUT2D eigenvalue weighted by atomic mass is 10.3. The van der Waals surface area contributed by atoms with E-state index < -0.39 is 11.7 Å². The van der Waals surface area contributed by atoms with Crippen LogP contribution < -0.4 is 16.4 Å². The number of nitrogens with one attached hydrogen (secondary N) is 3. The summed E-state index contributed by atoms with van der Waals surface area (Å²) in [6.45, 7) is 1.93. The number of aromatic amines is 1. The van der Waals surface area contributed by atoms with Crippen molar-refractivity contribution in [2.45, 2.75) is 6.92 Å². The third-order valence-corrected chi connectivity index (χ3v) is 2.16. The highest BCUT2D eigenvalue weighted by molar-refractivity contribution is 5.75. The Bertz CT molecular complexity index is 623. The third kappa shape index (κ3) is 2.57. The number of hydrogen-bond donors (Lipinski definition) is 3. The molecule has 7 heteroatoms. The Kier molecular flexibility index (Phi) is 3.42. The van der Waals surface area contributed by atoms with Crippen molar-refractivity contribution in [2.24, 2.45) is 0 Å².